The molecule has 3 atom stereocenters. The Labute approximate surface area is 288 Å². The van der Waals surface area contributed by atoms with Crippen LogP contribution >= 0.6 is 15.9 Å². The number of rotatable bonds is 4. The predicted octanol–water partition coefficient (Wildman–Crippen LogP) is 4.00. The molecule has 5 aromatic heterocycles. The van der Waals surface area contributed by atoms with Gasteiger partial charge in [0, 0.05) is 65.6 Å². The van der Waals surface area contributed by atoms with Crippen LogP contribution in [-0.4, -0.2) is 80.7 Å². The van der Waals surface area contributed by atoms with Crippen LogP contribution < -0.4 is 5.32 Å². The first-order chi connectivity index (χ1) is 23.6. The Hall–Kier alpha value is -5.15. The molecule has 2 fully saturated rings. The molecule has 1 N–H and O–H groups in total. The standard InChI is InChI=1S/C34H31BrN10O4/c1-18-15-49-16-21-4-5-29(35)40-32(21)41-33(48)26-7-34(17-43-13-23(18)11-39-43)8-28(34)45(26)30(47)14-44-27-12-38-25(22-9-36-20(3)37-10-22)6-24(27)31(42-44)19(2)46/h4-6,9-13,26,28H,1,7-8,14-17H2,2-3H3,(H,40,41,48)/t26-,28+,34-/m0/s1. The number of aryl methyl sites for hydroxylation is 1. The average molecular weight is 724 g/mol. The van der Waals surface area contributed by atoms with Crippen molar-refractivity contribution < 1.29 is 19.1 Å². The molecule has 14 nitrogen and oxygen atoms in total. The van der Waals surface area contributed by atoms with Gasteiger partial charge in [0.1, 0.15) is 34.5 Å². The summed E-state index contributed by atoms with van der Waals surface area (Å²) < 4.78 is 9.85. The molecule has 2 amide bonds. The summed E-state index contributed by atoms with van der Waals surface area (Å²) >= 11 is 3.41. The number of hydrogen-bond donors (Lipinski definition) is 1. The fourth-order valence-corrected chi connectivity index (χ4v) is 7.31. The molecule has 15 heteroatoms. The molecule has 8 rings (SSSR count). The van der Waals surface area contributed by atoms with E-state index in [1.807, 2.05) is 16.9 Å². The Bertz CT molecular complexity index is 2190. The lowest BCUT2D eigenvalue weighted by molar-refractivity contribution is -0.138. The second-order valence-electron chi connectivity index (χ2n) is 12.9. The number of halogens is 1. The minimum atomic E-state index is -0.767. The van der Waals surface area contributed by atoms with Crippen LogP contribution in [0.25, 0.3) is 27.7 Å². The van der Waals surface area contributed by atoms with E-state index in [4.69, 9.17) is 4.74 Å². The van der Waals surface area contributed by atoms with Crippen LogP contribution in [0.3, 0.4) is 0 Å². The number of Topliss-reactive ketones (excluding diaryl/α,β-unsaturated/α-hetero) is 1. The summed E-state index contributed by atoms with van der Waals surface area (Å²) in [6, 6.07) is 4.44. The molecule has 49 heavy (non-hydrogen) atoms. The number of amides is 2. The zero-order valence-corrected chi connectivity index (χ0v) is 28.3. The van der Waals surface area contributed by atoms with Gasteiger partial charge in [-0.2, -0.15) is 10.2 Å². The van der Waals surface area contributed by atoms with Crippen molar-refractivity contribution in [1.82, 2.24) is 44.4 Å². The monoisotopic (exact) mass is 722 g/mol. The molecule has 1 spiro atoms. The van der Waals surface area contributed by atoms with Crippen molar-refractivity contribution in [1.29, 1.82) is 0 Å². The SMILES string of the molecule is C=C1COCc2ccc(Br)nc2NC(=O)[C@@H]2C[C@]3(C[C@H]3N2C(=O)Cn2nc(C(C)=O)c3cc(-c4cnc(C)nc4)ncc32)Cn2cc1cn2. The van der Waals surface area contributed by atoms with Crippen LogP contribution in [0.15, 0.2) is 60.4 Å². The molecular formula is C34H31BrN10O4. The normalized spacial score (nSPS) is 21.8. The number of likely N-dealkylation sites (tertiary alicyclic amines) is 1. The van der Waals surface area contributed by atoms with Crippen molar-refractivity contribution in [2.75, 3.05) is 11.9 Å². The zero-order chi connectivity index (χ0) is 34.0. The predicted molar refractivity (Wildman–Crippen MR) is 181 cm³/mol. The van der Waals surface area contributed by atoms with E-state index in [1.54, 1.807) is 48.7 Å². The Morgan fingerprint density at radius 3 is 2.71 bits per heavy atom. The second kappa shape index (κ2) is 11.8. The molecule has 1 saturated carbocycles. The van der Waals surface area contributed by atoms with E-state index < -0.39 is 6.04 Å². The van der Waals surface area contributed by atoms with Crippen LogP contribution in [0.4, 0.5) is 5.82 Å². The molecule has 0 radical (unpaired) electrons. The number of nitrogens with one attached hydrogen (secondary N) is 1. The molecule has 1 saturated heterocycles. The summed E-state index contributed by atoms with van der Waals surface area (Å²) in [6.07, 6.45) is 9.82. The summed E-state index contributed by atoms with van der Waals surface area (Å²) in [4.78, 5) is 60.4. The lowest BCUT2D eigenvalue weighted by Crippen LogP contribution is -2.47. The highest BCUT2D eigenvalue weighted by Gasteiger charge is 2.67. The van der Waals surface area contributed by atoms with Gasteiger partial charge in [0.25, 0.3) is 0 Å². The smallest absolute Gasteiger partial charge is 0.248 e. The van der Waals surface area contributed by atoms with Crippen molar-refractivity contribution in [3.63, 3.8) is 0 Å². The first-order valence-electron chi connectivity index (χ1n) is 15.8. The van der Waals surface area contributed by atoms with E-state index in [2.05, 4.69) is 58.0 Å². The first kappa shape index (κ1) is 31.1. The van der Waals surface area contributed by atoms with E-state index in [0.29, 0.717) is 63.5 Å². The fourth-order valence-electron chi connectivity index (χ4n) is 7.00. The number of aromatic nitrogens is 8. The van der Waals surface area contributed by atoms with Gasteiger partial charge in [0.15, 0.2) is 5.78 Å². The Morgan fingerprint density at radius 1 is 1.10 bits per heavy atom. The lowest BCUT2D eigenvalue weighted by Gasteiger charge is -2.27. The van der Waals surface area contributed by atoms with E-state index in [9.17, 15) is 14.4 Å². The van der Waals surface area contributed by atoms with Crippen LogP contribution in [0.1, 0.15) is 47.2 Å². The maximum absolute atomic E-state index is 14.3. The molecule has 7 heterocycles. The third kappa shape index (κ3) is 5.61. The topological polar surface area (TPSA) is 163 Å². The molecular weight excluding hydrogens is 692 g/mol. The van der Waals surface area contributed by atoms with Gasteiger partial charge in [-0.05, 0) is 53.4 Å². The van der Waals surface area contributed by atoms with Crippen LogP contribution in [0.5, 0.6) is 0 Å². The number of ketones is 1. The van der Waals surface area contributed by atoms with E-state index >= 15 is 0 Å². The molecule has 0 unspecified atom stereocenters. The number of piperidine rings is 1. The maximum Gasteiger partial charge on any atom is 0.248 e. The third-order valence-electron chi connectivity index (χ3n) is 9.58. The van der Waals surface area contributed by atoms with Gasteiger partial charge in [0.05, 0.1) is 36.8 Å². The molecule has 4 bridgehead atoms. The number of nitrogens with zero attached hydrogens (tertiary/aromatic N) is 9. The minimum Gasteiger partial charge on any atom is -0.372 e. The number of ether oxygens (including phenoxy) is 1. The van der Waals surface area contributed by atoms with Gasteiger partial charge in [-0.3, -0.25) is 28.7 Å². The summed E-state index contributed by atoms with van der Waals surface area (Å²) in [6.45, 7) is 8.24. The number of anilines is 1. The highest BCUT2D eigenvalue weighted by Crippen LogP contribution is 2.60. The first-order valence-corrected chi connectivity index (χ1v) is 16.6. The largest absolute Gasteiger partial charge is 0.372 e. The van der Waals surface area contributed by atoms with Gasteiger partial charge < -0.3 is 15.0 Å². The molecule has 248 valence electrons. The van der Waals surface area contributed by atoms with Crippen LogP contribution in [0, 0.1) is 12.3 Å². The summed E-state index contributed by atoms with van der Waals surface area (Å²) in [5.41, 5.74) is 4.03. The summed E-state index contributed by atoms with van der Waals surface area (Å²) in [5, 5.41) is 12.7. The van der Waals surface area contributed by atoms with Gasteiger partial charge in [-0.1, -0.05) is 12.6 Å². The molecule has 3 aliphatic rings. The number of pyridine rings is 2. The average Bonchev–Trinajstić information content (AvgIpc) is 3.36. The Morgan fingerprint density at radius 2 is 1.92 bits per heavy atom. The van der Waals surface area contributed by atoms with Crippen molar-refractivity contribution in [2.45, 2.75) is 58.5 Å². The van der Waals surface area contributed by atoms with E-state index in [-0.39, 0.29) is 47.9 Å². The number of carbonyl (C=O) groups excluding carboxylic acids is 3. The number of hydrogen-bond acceptors (Lipinski definition) is 10. The Balaban J connectivity index is 1.14. The number of carbonyl (C=O) groups is 3. The summed E-state index contributed by atoms with van der Waals surface area (Å²) in [5.74, 6) is 0.114. The molecule has 5 aromatic rings. The quantitative estimate of drug-likeness (QED) is 0.212. The van der Waals surface area contributed by atoms with Crippen molar-refractivity contribution in [3.8, 4) is 11.3 Å². The van der Waals surface area contributed by atoms with Crippen LogP contribution in [0.2, 0.25) is 0 Å². The van der Waals surface area contributed by atoms with Gasteiger partial charge >= 0.3 is 0 Å². The second-order valence-corrected chi connectivity index (χ2v) is 13.7. The van der Waals surface area contributed by atoms with Crippen LogP contribution in [-0.2, 0) is 34.0 Å². The maximum atomic E-state index is 14.3. The summed E-state index contributed by atoms with van der Waals surface area (Å²) in [7, 11) is 0. The van der Waals surface area contributed by atoms with Gasteiger partial charge in [0.2, 0.25) is 11.8 Å². The zero-order valence-electron chi connectivity index (χ0n) is 26.8. The van der Waals surface area contributed by atoms with Crippen molar-refractivity contribution in [2.24, 2.45) is 5.41 Å². The molecule has 0 aromatic carbocycles. The number of fused-ring (bicyclic) bond motifs is 5. The van der Waals surface area contributed by atoms with Gasteiger partial charge in [-0.15, -0.1) is 0 Å². The van der Waals surface area contributed by atoms with Gasteiger partial charge in [-0.25, -0.2) is 15.0 Å². The molecule has 2 aliphatic heterocycles. The van der Waals surface area contributed by atoms with Crippen molar-refractivity contribution in [3.05, 3.63) is 83.0 Å². The fraction of sp³-hybridized carbons (Fsp3) is 0.324. The Kier molecular flexibility index (Phi) is 7.48. The van der Waals surface area contributed by atoms with E-state index in [0.717, 1.165) is 17.6 Å². The lowest BCUT2D eigenvalue weighted by atomic mass is 9.99. The highest BCUT2D eigenvalue weighted by atomic mass is 79.9. The third-order valence-corrected chi connectivity index (χ3v) is 10.0. The molecule has 1 aliphatic carbocycles. The minimum absolute atomic E-state index is 0.182. The van der Waals surface area contributed by atoms with Crippen molar-refractivity contribution >= 4 is 55.8 Å². The highest BCUT2D eigenvalue weighted by molar-refractivity contribution is 9.10. The van der Waals surface area contributed by atoms with E-state index in [1.165, 1.54) is 11.6 Å².